The molecule has 6 nitrogen and oxygen atoms in total. The van der Waals surface area contributed by atoms with E-state index >= 15 is 0 Å². The number of ether oxygens (including phenoxy) is 3. The van der Waals surface area contributed by atoms with Gasteiger partial charge in [-0.1, -0.05) is 37.0 Å². The van der Waals surface area contributed by atoms with E-state index in [1.54, 1.807) is 25.3 Å². The number of methoxy groups -OCH3 is 1. The van der Waals surface area contributed by atoms with Gasteiger partial charge in [0, 0.05) is 0 Å². The molecule has 26 heavy (non-hydrogen) atoms. The van der Waals surface area contributed by atoms with Crippen LogP contribution in [0.3, 0.4) is 0 Å². The summed E-state index contributed by atoms with van der Waals surface area (Å²) in [4.78, 5) is 26.0. The molecule has 8 heteroatoms. The summed E-state index contributed by atoms with van der Waals surface area (Å²) < 4.78 is 16.2. The Labute approximate surface area is 162 Å². The van der Waals surface area contributed by atoms with Gasteiger partial charge < -0.3 is 14.2 Å². The molecule has 0 N–H and O–H groups in total. The van der Waals surface area contributed by atoms with Crippen molar-refractivity contribution >= 4 is 46.3 Å². The fourth-order valence-electron chi connectivity index (χ4n) is 2.23. The summed E-state index contributed by atoms with van der Waals surface area (Å²) in [7, 11) is 1.56. The molecule has 1 aliphatic rings. The third kappa shape index (κ3) is 4.98. The van der Waals surface area contributed by atoms with E-state index in [4.69, 9.17) is 26.4 Å². The van der Waals surface area contributed by atoms with Gasteiger partial charge in [0.25, 0.3) is 5.91 Å². The lowest BCUT2D eigenvalue weighted by molar-refractivity contribution is -0.146. The van der Waals surface area contributed by atoms with Crippen molar-refractivity contribution in [1.82, 2.24) is 4.90 Å². The van der Waals surface area contributed by atoms with Crippen molar-refractivity contribution in [3.8, 4) is 11.5 Å². The number of amides is 1. The van der Waals surface area contributed by atoms with Crippen molar-refractivity contribution in [2.75, 3.05) is 26.9 Å². The average molecular weight is 396 g/mol. The van der Waals surface area contributed by atoms with Crippen LogP contribution < -0.4 is 9.47 Å². The summed E-state index contributed by atoms with van der Waals surface area (Å²) >= 11 is 6.38. The molecule has 1 fully saturated rings. The van der Waals surface area contributed by atoms with E-state index in [-0.39, 0.29) is 12.5 Å². The zero-order valence-corrected chi connectivity index (χ0v) is 16.6. The Bertz CT molecular complexity index is 732. The van der Waals surface area contributed by atoms with Crippen molar-refractivity contribution in [2.45, 2.75) is 20.3 Å². The van der Waals surface area contributed by atoms with Gasteiger partial charge in [0.15, 0.2) is 11.5 Å². The first-order valence-corrected chi connectivity index (χ1v) is 9.44. The number of hydrogen-bond donors (Lipinski definition) is 0. The van der Waals surface area contributed by atoms with Gasteiger partial charge >= 0.3 is 5.97 Å². The second kappa shape index (κ2) is 9.59. The molecule has 1 heterocycles. The highest BCUT2D eigenvalue weighted by molar-refractivity contribution is 8.26. The molecule has 1 amide bonds. The predicted octanol–water partition coefficient (Wildman–Crippen LogP) is 3.25. The first-order chi connectivity index (χ1) is 12.5. The van der Waals surface area contributed by atoms with Gasteiger partial charge in [0.1, 0.15) is 10.9 Å². The topological polar surface area (TPSA) is 65.1 Å². The van der Waals surface area contributed by atoms with Gasteiger partial charge in [-0.3, -0.25) is 14.5 Å². The maximum atomic E-state index is 12.5. The summed E-state index contributed by atoms with van der Waals surface area (Å²) in [5, 5.41) is 0. The van der Waals surface area contributed by atoms with Crippen LogP contribution in [0.15, 0.2) is 23.1 Å². The minimum Gasteiger partial charge on any atom is -0.493 e. The van der Waals surface area contributed by atoms with Crippen molar-refractivity contribution in [1.29, 1.82) is 0 Å². The first-order valence-electron chi connectivity index (χ1n) is 8.22. The summed E-state index contributed by atoms with van der Waals surface area (Å²) in [5.41, 5.74) is 0.777. The van der Waals surface area contributed by atoms with Crippen molar-refractivity contribution in [2.24, 2.45) is 0 Å². The average Bonchev–Trinajstić information content (AvgIpc) is 2.88. The van der Waals surface area contributed by atoms with Crippen LogP contribution in [0.1, 0.15) is 25.8 Å². The number of thiocarbonyl (C=S) groups is 1. The summed E-state index contributed by atoms with van der Waals surface area (Å²) in [6, 6.07) is 5.40. The lowest BCUT2D eigenvalue weighted by Crippen LogP contribution is -2.34. The van der Waals surface area contributed by atoms with E-state index in [0.29, 0.717) is 33.9 Å². The minimum atomic E-state index is -0.466. The van der Waals surface area contributed by atoms with Crippen molar-refractivity contribution in [3.63, 3.8) is 0 Å². The van der Waals surface area contributed by atoms with Crippen LogP contribution in [0.4, 0.5) is 0 Å². The molecule has 0 saturated carbocycles. The molecule has 0 bridgehead atoms. The van der Waals surface area contributed by atoms with E-state index in [0.717, 1.165) is 23.7 Å². The Morgan fingerprint density at radius 2 is 2.08 bits per heavy atom. The van der Waals surface area contributed by atoms with E-state index < -0.39 is 5.97 Å². The highest BCUT2D eigenvalue weighted by Crippen LogP contribution is 2.34. The van der Waals surface area contributed by atoms with E-state index in [1.807, 2.05) is 19.9 Å². The number of nitrogens with zero attached hydrogens (tertiary/aromatic N) is 1. The van der Waals surface area contributed by atoms with Gasteiger partial charge in [-0.15, -0.1) is 0 Å². The maximum Gasteiger partial charge on any atom is 0.326 e. The summed E-state index contributed by atoms with van der Waals surface area (Å²) in [6.07, 6.45) is 2.44. The van der Waals surface area contributed by atoms with Crippen LogP contribution in [-0.4, -0.2) is 48.0 Å². The predicted molar refractivity (Wildman–Crippen MR) is 105 cm³/mol. The molecule has 1 saturated heterocycles. The standard InChI is InChI=1S/C18H21NO5S2/c1-4-8-24-16(20)11-19-17(21)15(26-18(19)25)10-12-6-7-13(23-5-2)14(9-12)22-3/h6-7,9-10H,4-5,8,11H2,1-3H3/b15-10-. The Kier molecular flexibility index (Phi) is 7.47. The highest BCUT2D eigenvalue weighted by atomic mass is 32.2. The van der Waals surface area contributed by atoms with Crippen LogP contribution in [0.2, 0.25) is 0 Å². The largest absolute Gasteiger partial charge is 0.493 e. The molecule has 0 aliphatic carbocycles. The Balaban J connectivity index is 2.15. The third-order valence-corrected chi connectivity index (χ3v) is 4.79. The number of esters is 1. The van der Waals surface area contributed by atoms with Crippen molar-refractivity contribution < 1.29 is 23.8 Å². The third-order valence-electron chi connectivity index (χ3n) is 3.41. The van der Waals surface area contributed by atoms with Crippen LogP contribution in [0, 0.1) is 0 Å². The van der Waals surface area contributed by atoms with Gasteiger partial charge in [0.2, 0.25) is 0 Å². The molecule has 1 aliphatic heterocycles. The molecule has 2 rings (SSSR count). The molecular weight excluding hydrogens is 374 g/mol. The van der Waals surface area contributed by atoms with Gasteiger partial charge in [-0.2, -0.15) is 0 Å². The number of rotatable bonds is 8. The van der Waals surface area contributed by atoms with Gasteiger partial charge in [-0.25, -0.2) is 0 Å². The molecule has 0 spiro atoms. The second-order valence-electron chi connectivity index (χ2n) is 5.33. The quantitative estimate of drug-likeness (QED) is 0.380. The SMILES string of the molecule is CCCOC(=O)CN1C(=O)/C(=C/c2ccc(OCC)c(OC)c2)SC1=S. The Morgan fingerprint density at radius 1 is 1.31 bits per heavy atom. The van der Waals surface area contributed by atoms with Crippen LogP contribution in [0.25, 0.3) is 6.08 Å². The molecule has 0 unspecified atom stereocenters. The normalized spacial score (nSPS) is 15.5. The number of thioether (sulfide) groups is 1. The lowest BCUT2D eigenvalue weighted by atomic mass is 10.2. The fraction of sp³-hybridized carbons (Fsp3) is 0.389. The number of carbonyl (C=O) groups excluding carboxylic acids is 2. The smallest absolute Gasteiger partial charge is 0.326 e. The maximum absolute atomic E-state index is 12.5. The number of benzene rings is 1. The minimum absolute atomic E-state index is 0.172. The van der Waals surface area contributed by atoms with E-state index in [1.165, 1.54) is 4.90 Å². The van der Waals surface area contributed by atoms with Crippen LogP contribution in [0.5, 0.6) is 11.5 Å². The fourth-order valence-corrected chi connectivity index (χ4v) is 3.48. The molecule has 0 atom stereocenters. The molecule has 0 aromatic heterocycles. The number of carbonyl (C=O) groups is 2. The molecule has 1 aromatic carbocycles. The number of hydrogen-bond acceptors (Lipinski definition) is 7. The highest BCUT2D eigenvalue weighted by Gasteiger charge is 2.33. The Hall–Kier alpha value is -2.06. The first kappa shape index (κ1) is 20.3. The van der Waals surface area contributed by atoms with Crippen molar-refractivity contribution in [3.05, 3.63) is 28.7 Å². The lowest BCUT2D eigenvalue weighted by Gasteiger charge is -2.13. The molecule has 1 aromatic rings. The van der Waals surface area contributed by atoms with Gasteiger partial charge in [-0.05, 0) is 37.1 Å². The monoisotopic (exact) mass is 395 g/mol. The van der Waals surface area contributed by atoms with Crippen LogP contribution >= 0.6 is 24.0 Å². The summed E-state index contributed by atoms with van der Waals surface area (Å²) in [6.45, 7) is 4.48. The molecule has 0 radical (unpaired) electrons. The second-order valence-corrected chi connectivity index (χ2v) is 7.01. The Morgan fingerprint density at radius 3 is 2.73 bits per heavy atom. The molecule has 140 valence electrons. The van der Waals surface area contributed by atoms with E-state index in [2.05, 4.69) is 0 Å². The van der Waals surface area contributed by atoms with Crippen LogP contribution in [-0.2, 0) is 14.3 Å². The molecular formula is C18H21NO5S2. The summed E-state index contributed by atoms with van der Waals surface area (Å²) in [5.74, 6) is 0.450. The zero-order valence-electron chi connectivity index (χ0n) is 14.9. The van der Waals surface area contributed by atoms with Gasteiger partial charge in [0.05, 0.1) is 25.2 Å². The zero-order chi connectivity index (χ0) is 19.1. The van der Waals surface area contributed by atoms with E-state index in [9.17, 15) is 9.59 Å².